The average Bonchev–Trinajstić information content (AvgIpc) is 2.95. The van der Waals surface area contributed by atoms with Crippen LogP contribution in [0.1, 0.15) is 43.6 Å². The third kappa shape index (κ3) is 3.99. The van der Waals surface area contributed by atoms with Gasteiger partial charge in [-0.3, -0.25) is 0 Å². The predicted octanol–water partition coefficient (Wildman–Crippen LogP) is 1.72. The fourth-order valence-corrected chi connectivity index (χ4v) is 3.93. The molecule has 0 amide bonds. The SMILES string of the molecule is CC1(F)CC(c2cnc3ccc(C(F)F)nn23)NCC1CCS(N)(=O)=O. The highest BCUT2D eigenvalue weighted by atomic mass is 32.2. The predicted molar refractivity (Wildman–Crippen MR) is 88.9 cm³/mol. The van der Waals surface area contributed by atoms with Crippen molar-refractivity contribution in [2.45, 2.75) is 37.9 Å². The summed E-state index contributed by atoms with van der Waals surface area (Å²) in [5.74, 6) is -0.820. The van der Waals surface area contributed by atoms with Crippen molar-refractivity contribution in [3.05, 3.63) is 29.7 Å². The molecule has 1 aliphatic rings. The molecule has 3 unspecified atom stereocenters. The van der Waals surface area contributed by atoms with Crippen LogP contribution in [0.15, 0.2) is 18.3 Å². The first-order valence-electron chi connectivity index (χ1n) is 8.12. The minimum Gasteiger partial charge on any atom is -0.308 e. The Hall–Kier alpha value is -1.72. The van der Waals surface area contributed by atoms with E-state index in [-0.39, 0.29) is 30.8 Å². The van der Waals surface area contributed by atoms with E-state index in [0.29, 0.717) is 11.3 Å². The Labute approximate surface area is 148 Å². The summed E-state index contributed by atoms with van der Waals surface area (Å²) in [6.45, 7) is 1.64. The van der Waals surface area contributed by atoms with Gasteiger partial charge in [-0.2, -0.15) is 5.10 Å². The first-order chi connectivity index (χ1) is 12.1. The minimum absolute atomic E-state index is 0.0384. The van der Waals surface area contributed by atoms with E-state index in [2.05, 4.69) is 15.4 Å². The number of nitrogens with two attached hydrogens (primary N) is 1. The number of nitrogens with zero attached hydrogens (tertiary/aromatic N) is 3. The number of primary sulfonamides is 1. The van der Waals surface area contributed by atoms with Gasteiger partial charge in [0, 0.05) is 18.9 Å². The molecular weight excluding hydrogens is 371 g/mol. The summed E-state index contributed by atoms with van der Waals surface area (Å²) in [6, 6.07) is 2.16. The molecule has 26 heavy (non-hydrogen) atoms. The van der Waals surface area contributed by atoms with E-state index < -0.39 is 34.1 Å². The van der Waals surface area contributed by atoms with Crippen molar-refractivity contribution in [1.29, 1.82) is 0 Å². The summed E-state index contributed by atoms with van der Waals surface area (Å²) < 4.78 is 64.5. The monoisotopic (exact) mass is 391 g/mol. The zero-order chi connectivity index (χ0) is 19.1. The van der Waals surface area contributed by atoms with Gasteiger partial charge >= 0.3 is 0 Å². The number of fused-ring (bicyclic) bond motifs is 1. The van der Waals surface area contributed by atoms with Crippen molar-refractivity contribution >= 4 is 15.7 Å². The molecule has 0 aliphatic carbocycles. The number of hydrogen-bond acceptors (Lipinski definition) is 5. The topological polar surface area (TPSA) is 102 Å². The summed E-state index contributed by atoms with van der Waals surface area (Å²) >= 11 is 0. The number of sulfonamides is 1. The second-order valence-corrected chi connectivity index (χ2v) is 8.54. The maximum Gasteiger partial charge on any atom is 0.282 e. The van der Waals surface area contributed by atoms with Gasteiger partial charge < -0.3 is 5.32 Å². The van der Waals surface area contributed by atoms with E-state index in [1.165, 1.54) is 29.8 Å². The Morgan fingerprint density at radius 3 is 2.81 bits per heavy atom. The molecule has 0 spiro atoms. The number of nitrogens with one attached hydrogen (secondary N) is 1. The molecule has 0 aromatic carbocycles. The van der Waals surface area contributed by atoms with Gasteiger partial charge in [-0.05, 0) is 25.5 Å². The largest absolute Gasteiger partial charge is 0.308 e. The van der Waals surface area contributed by atoms with Crippen molar-refractivity contribution < 1.29 is 21.6 Å². The van der Waals surface area contributed by atoms with E-state index in [9.17, 15) is 17.2 Å². The van der Waals surface area contributed by atoms with Gasteiger partial charge in [0.2, 0.25) is 10.0 Å². The van der Waals surface area contributed by atoms with E-state index in [0.717, 1.165) is 0 Å². The van der Waals surface area contributed by atoms with Crippen molar-refractivity contribution in [2.75, 3.05) is 12.3 Å². The Bertz CT molecular complexity index is 900. The fraction of sp³-hybridized carbons (Fsp3) is 0.600. The highest BCUT2D eigenvalue weighted by Crippen LogP contribution is 2.38. The van der Waals surface area contributed by atoms with Crippen LogP contribution in [0.4, 0.5) is 13.2 Å². The van der Waals surface area contributed by atoms with Crippen molar-refractivity contribution in [3.63, 3.8) is 0 Å². The molecule has 0 bridgehead atoms. The second kappa shape index (κ2) is 6.78. The van der Waals surface area contributed by atoms with Gasteiger partial charge in [0.15, 0.2) is 5.65 Å². The number of piperidine rings is 1. The summed E-state index contributed by atoms with van der Waals surface area (Å²) in [7, 11) is -3.66. The fourth-order valence-electron chi connectivity index (χ4n) is 3.31. The molecule has 2 aromatic rings. The molecule has 1 fully saturated rings. The van der Waals surface area contributed by atoms with Gasteiger partial charge in [-0.25, -0.2) is 36.2 Å². The lowest BCUT2D eigenvalue weighted by atomic mass is 9.79. The van der Waals surface area contributed by atoms with E-state index in [4.69, 9.17) is 5.14 Å². The lowest BCUT2D eigenvalue weighted by Crippen LogP contribution is -2.48. The number of aromatic nitrogens is 3. The molecule has 1 saturated heterocycles. The van der Waals surface area contributed by atoms with Crippen LogP contribution >= 0.6 is 0 Å². The van der Waals surface area contributed by atoms with Crippen LogP contribution in [-0.2, 0) is 10.0 Å². The molecule has 0 saturated carbocycles. The average molecular weight is 391 g/mol. The van der Waals surface area contributed by atoms with Crippen LogP contribution in [0.2, 0.25) is 0 Å². The zero-order valence-corrected chi connectivity index (χ0v) is 14.9. The number of imidazole rings is 1. The van der Waals surface area contributed by atoms with E-state index in [1.54, 1.807) is 0 Å². The number of halogens is 3. The normalized spacial score (nSPS) is 27.3. The molecule has 2 aromatic heterocycles. The van der Waals surface area contributed by atoms with Crippen LogP contribution in [-0.4, -0.2) is 41.0 Å². The molecule has 0 radical (unpaired) electrons. The molecule has 3 atom stereocenters. The Morgan fingerprint density at radius 2 is 2.19 bits per heavy atom. The smallest absolute Gasteiger partial charge is 0.282 e. The lowest BCUT2D eigenvalue weighted by Gasteiger charge is -2.39. The maximum absolute atomic E-state index is 15.1. The van der Waals surface area contributed by atoms with Crippen LogP contribution in [0.5, 0.6) is 0 Å². The second-order valence-electron chi connectivity index (χ2n) is 6.81. The van der Waals surface area contributed by atoms with Crippen LogP contribution in [0.3, 0.4) is 0 Å². The number of hydrogen-bond donors (Lipinski definition) is 2. The van der Waals surface area contributed by atoms with Gasteiger partial charge in [-0.15, -0.1) is 0 Å². The number of rotatable bonds is 5. The summed E-state index contributed by atoms with van der Waals surface area (Å²) in [6.07, 6.45) is -1.10. The maximum atomic E-state index is 15.1. The molecule has 3 heterocycles. The minimum atomic E-state index is -3.66. The van der Waals surface area contributed by atoms with Crippen molar-refractivity contribution in [2.24, 2.45) is 11.1 Å². The molecule has 1 aliphatic heterocycles. The summed E-state index contributed by atoms with van der Waals surface area (Å²) in [4.78, 5) is 4.13. The highest BCUT2D eigenvalue weighted by molar-refractivity contribution is 7.89. The molecule has 144 valence electrons. The van der Waals surface area contributed by atoms with Crippen molar-refractivity contribution in [1.82, 2.24) is 19.9 Å². The molecule has 7 nitrogen and oxygen atoms in total. The van der Waals surface area contributed by atoms with Crippen LogP contribution in [0, 0.1) is 5.92 Å². The Balaban J connectivity index is 1.82. The van der Waals surface area contributed by atoms with E-state index >= 15 is 4.39 Å². The molecular formula is C15H20F3N5O2S. The van der Waals surface area contributed by atoms with Gasteiger partial charge in [-0.1, -0.05) is 0 Å². The standard InChI is InChI=1S/C15H20F3N5O2S/c1-15(18)6-11(20-7-9(15)4-5-26(19,24)25)12-8-21-13-3-2-10(14(16)17)22-23(12)13/h2-3,8-9,11,14,20H,4-7H2,1H3,(H2,19,24,25). The first kappa shape index (κ1) is 19.1. The zero-order valence-electron chi connectivity index (χ0n) is 14.1. The van der Waals surface area contributed by atoms with E-state index in [1.807, 2.05) is 0 Å². The molecule has 11 heteroatoms. The number of alkyl halides is 3. The first-order valence-corrected chi connectivity index (χ1v) is 9.84. The third-order valence-corrected chi connectivity index (χ3v) is 5.61. The van der Waals surface area contributed by atoms with Crippen molar-refractivity contribution in [3.8, 4) is 0 Å². The quantitative estimate of drug-likeness (QED) is 0.808. The Kier molecular flexibility index (Phi) is 4.97. The lowest BCUT2D eigenvalue weighted by molar-refractivity contribution is 0.0432. The van der Waals surface area contributed by atoms with Crippen LogP contribution in [0.25, 0.3) is 5.65 Å². The summed E-state index contributed by atoms with van der Waals surface area (Å²) in [5, 5.41) is 12.0. The highest BCUT2D eigenvalue weighted by Gasteiger charge is 2.42. The Morgan fingerprint density at radius 1 is 1.46 bits per heavy atom. The van der Waals surface area contributed by atoms with Gasteiger partial charge in [0.05, 0.1) is 23.7 Å². The van der Waals surface area contributed by atoms with Crippen LogP contribution < -0.4 is 10.5 Å². The third-order valence-electron chi connectivity index (χ3n) is 4.81. The summed E-state index contributed by atoms with van der Waals surface area (Å²) in [5.41, 5.74) is -1.16. The van der Waals surface area contributed by atoms with Gasteiger partial charge in [0.25, 0.3) is 6.43 Å². The molecule has 3 rings (SSSR count). The van der Waals surface area contributed by atoms with Gasteiger partial charge in [0.1, 0.15) is 11.4 Å². The molecule has 3 N–H and O–H groups in total.